The molecule has 0 fully saturated rings. The second-order valence-corrected chi connectivity index (χ2v) is 3.24. The highest BCUT2D eigenvalue weighted by molar-refractivity contribution is 5.82. The standard InChI is InChI=1S/C10H17NO5/c1-7(16-9(3)13)10(14)11-5-4-6-15-8(2)12/h7H,4-6H2,1-3H3,(H,11,14)/t7-/m0/s1. The van der Waals surface area contributed by atoms with E-state index in [1.807, 2.05) is 0 Å². The summed E-state index contributed by atoms with van der Waals surface area (Å²) in [5, 5.41) is 2.55. The van der Waals surface area contributed by atoms with Crippen molar-refractivity contribution in [2.24, 2.45) is 0 Å². The Morgan fingerprint density at radius 3 is 2.31 bits per heavy atom. The molecular weight excluding hydrogens is 214 g/mol. The SMILES string of the molecule is CC(=O)OCCCNC(=O)[C@H](C)OC(C)=O. The maximum Gasteiger partial charge on any atom is 0.303 e. The summed E-state index contributed by atoms with van der Waals surface area (Å²) in [5.74, 6) is -1.21. The molecule has 0 rings (SSSR count). The van der Waals surface area contributed by atoms with Crippen molar-refractivity contribution in [3.63, 3.8) is 0 Å². The van der Waals surface area contributed by atoms with Gasteiger partial charge in [-0.2, -0.15) is 0 Å². The van der Waals surface area contributed by atoms with Gasteiger partial charge in [-0.15, -0.1) is 0 Å². The van der Waals surface area contributed by atoms with E-state index in [1.54, 1.807) is 0 Å². The Kier molecular flexibility index (Phi) is 6.91. The minimum absolute atomic E-state index is 0.261. The second kappa shape index (κ2) is 7.67. The van der Waals surface area contributed by atoms with Crippen LogP contribution in [0.15, 0.2) is 0 Å². The Morgan fingerprint density at radius 2 is 1.81 bits per heavy atom. The van der Waals surface area contributed by atoms with Gasteiger partial charge in [-0.3, -0.25) is 14.4 Å². The molecule has 0 aliphatic heterocycles. The number of esters is 2. The first-order valence-electron chi connectivity index (χ1n) is 5.01. The number of nitrogens with one attached hydrogen (secondary N) is 1. The van der Waals surface area contributed by atoms with Crippen LogP contribution in [0.2, 0.25) is 0 Å². The van der Waals surface area contributed by atoms with Gasteiger partial charge in [0.1, 0.15) is 0 Å². The lowest BCUT2D eigenvalue weighted by Crippen LogP contribution is -2.36. The van der Waals surface area contributed by atoms with Crippen molar-refractivity contribution in [1.29, 1.82) is 0 Å². The van der Waals surface area contributed by atoms with Crippen molar-refractivity contribution >= 4 is 17.8 Å². The summed E-state index contributed by atoms with van der Waals surface area (Å²) in [6.07, 6.45) is -0.274. The van der Waals surface area contributed by atoms with Crippen molar-refractivity contribution < 1.29 is 23.9 Å². The fraction of sp³-hybridized carbons (Fsp3) is 0.700. The zero-order valence-corrected chi connectivity index (χ0v) is 9.74. The Hall–Kier alpha value is -1.59. The molecule has 0 saturated heterocycles. The minimum atomic E-state index is -0.800. The number of rotatable bonds is 6. The third-order valence-corrected chi connectivity index (χ3v) is 1.64. The van der Waals surface area contributed by atoms with Gasteiger partial charge < -0.3 is 14.8 Å². The van der Waals surface area contributed by atoms with E-state index in [1.165, 1.54) is 20.8 Å². The molecule has 1 N–H and O–H groups in total. The summed E-state index contributed by atoms with van der Waals surface area (Å²) in [4.78, 5) is 32.2. The number of hydrogen-bond donors (Lipinski definition) is 1. The van der Waals surface area contributed by atoms with Gasteiger partial charge in [-0.05, 0) is 13.3 Å². The first-order chi connectivity index (χ1) is 7.43. The van der Waals surface area contributed by atoms with Gasteiger partial charge in [0.25, 0.3) is 5.91 Å². The van der Waals surface area contributed by atoms with Gasteiger partial charge in [0, 0.05) is 20.4 Å². The lowest BCUT2D eigenvalue weighted by atomic mass is 10.3. The first-order valence-corrected chi connectivity index (χ1v) is 5.01. The molecule has 0 heterocycles. The fourth-order valence-corrected chi connectivity index (χ4v) is 0.946. The van der Waals surface area contributed by atoms with E-state index < -0.39 is 12.1 Å². The molecule has 6 nitrogen and oxygen atoms in total. The summed E-state index contributed by atoms with van der Waals surface area (Å²) in [7, 11) is 0. The highest BCUT2D eigenvalue weighted by atomic mass is 16.5. The molecule has 0 aliphatic rings. The fourth-order valence-electron chi connectivity index (χ4n) is 0.946. The molecule has 0 aromatic carbocycles. The van der Waals surface area contributed by atoms with Crippen LogP contribution >= 0.6 is 0 Å². The van der Waals surface area contributed by atoms with E-state index >= 15 is 0 Å². The molecule has 0 aliphatic carbocycles. The number of amides is 1. The van der Waals surface area contributed by atoms with Crippen LogP contribution in [-0.4, -0.2) is 37.1 Å². The van der Waals surface area contributed by atoms with E-state index in [2.05, 4.69) is 14.8 Å². The zero-order chi connectivity index (χ0) is 12.6. The molecule has 1 amide bonds. The zero-order valence-electron chi connectivity index (χ0n) is 9.74. The van der Waals surface area contributed by atoms with E-state index in [-0.39, 0.29) is 18.5 Å². The molecule has 16 heavy (non-hydrogen) atoms. The van der Waals surface area contributed by atoms with Gasteiger partial charge >= 0.3 is 11.9 Å². The number of ether oxygens (including phenoxy) is 2. The first kappa shape index (κ1) is 14.4. The van der Waals surface area contributed by atoms with Gasteiger partial charge in [-0.25, -0.2) is 0 Å². The molecule has 92 valence electrons. The molecule has 0 aromatic rings. The van der Waals surface area contributed by atoms with Crippen LogP contribution in [0.1, 0.15) is 27.2 Å². The Labute approximate surface area is 94.3 Å². The third-order valence-electron chi connectivity index (χ3n) is 1.64. The van der Waals surface area contributed by atoms with E-state index in [0.29, 0.717) is 13.0 Å². The quantitative estimate of drug-likeness (QED) is 0.514. The maximum absolute atomic E-state index is 11.3. The average molecular weight is 231 g/mol. The van der Waals surface area contributed by atoms with Crippen LogP contribution in [0.3, 0.4) is 0 Å². The molecule has 0 spiro atoms. The van der Waals surface area contributed by atoms with Crippen LogP contribution < -0.4 is 5.32 Å². The largest absolute Gasteiger partial charge is 0.466 e. The molecule has 0 unspecified atom stereocenters. The van der Waals surface area contributed by atoms with Crippen LogP contribution in [-0.2, 0) is 23.9 Å². The third kappa shape index (κ3) is 7.78. The Morgan fingerprint density at radius 1 is 1.19 bits per heavy atom. The van der Waals surface area contributed by atoms with Gasteiger partial charge in [-0.1, -0.05) is 0 Å². The highest BCUT2D eigenvalue weighted by Crippen LogP contribution is 1.91. The van der Waals surface area contributed by atoms with Crippen molar-refractivity contribution in [2.45, 2.75) is 33.3 Å². The van der Waals surface area contributed by atoms with Crippen LogP contribution in [0, 0.1) is 0 Å². The van der Waals surface area contributed by atoms with Gasteiger partial charge in [0.15, 0.2) is 6.10 Å². The lowest BCUT2D eigenvalue weighted by Gasteiger charge is -2.11. The second-order valence-electron chi connectivity index (χ2n) is 3.24. The molecule has 0 aromatic heterocycles. The lowest BCUT2D eigenvalue weighted by molar-refractivity contribution is -0.152. The molecule has 6 heteroatoms. The van der Waals surface area contributed by atoms with Crippen molar-refractivity contribution in [3.05, 3.63) is 0 Å². The molecule has 0 bridgehead atoms. The van der Waals surface area contributed by atoms with E-state index in [0.717, 1.165) is 0 Å². The molecular formula is C10H17NO5. The van der Waals surface area contributed by atoms with Crippen molar-refractivity contribution in [3.8, 4) is 0 Å². The molecule has 0 radical (unpaired) electrons. The number of carbonyl (C=O) groups excluding carboxylic acids is 3. The smallest absolute Gasteiger partial charge is 0.303 e. The van der Waals surface area contributed by atoms with Crippen LogP contribution in [0.25, 0.3) is 0 Å². The summed E-state index contributed by atoms with van der Waals surface area (Å²) >= 11 is 0. The highest BCUT2D eigenvalue weighted by Gasteiger charge is 2.14. The maximum atomic E-state index is 11.3. The minimum Gasteiger partial charge on any atom is -0.466 e. The van der Waals surface area contributed by atoms with Gasteiger partial charge in [0.2, 0.25) is 0 Å². The summed E-state index contributed by atoms with van der Waals surface area (Å²) in [5.41, 5.74) is 0. The average Bonchev–Trinajstić information content (AvgIpc) is 2.15. The number of hydrogen-bond acceptors (Lipinski definition) is 5. The Bertz CT molecular complexity index is 264. The van der Waals surface area contributed by atoms with Crippen LogP contribution in [0.4, 0.5) is 0 Å². The van der Waals surface area contributed by atoms with Gasteiger partial charge in [0.05, 0.1) is 6.61 Å². The normalized spacial score (nSPS) is 11.4. The summed E-state index contributed by atoms with van der Waals surface area (Å²) < 4.78 is 9.34. The van der Waals surface area contributed by atoms with E-state index in [4.69, 9.17) is 0 Å². The van der Waals surface area contributed by atoms with E-state index in [9.17, 15) is 14.4 Å². The Balaban J connectivity index is 3.57. The molecule has 0 saturated carbocycles. The predicted molar refractivity (Wildman–Crippen MR) is 55.5 cm³/mol. The monoisotopic (exact) mass is 231 g/mol. The molecule has 1 atom stereocenters. The summed E-state index contributed by atoms with van der Waals surface area (Å²) in [6.45, 7) is 4.68. The van der Waals surface area contributed by atoms with Crippen LogP contribution in [0.5, 0.6) is 0 Å². The summed E-state index contributed by atoms with van der Waals surface area (Å²) in [6, 6.07) is 0. The van der Waals surface area contributed by atoms with Crippen molar-refractivity contribution in [1.82, 2.24) is 5.32 Å². The number of carbonyl (C=O) groups is 3. The van der Waals surface area contributed by atoms with Crippen molar-refractivity contribution in [2.75, 3.05) is 13.2 Å². The predicted octanol–water partition coefficient (Wildman–Crippen LogP) is 0.00740. The topological polar surface area (TPSA) is 81.7 Å².